The van der Waals surface area contributed by atoms with Crippen molar-refractivity contribution in [2.75, 3.05) is 38.2 Å². The maximum absolute atomic E-state index is 12.5. The lowest BCUT2D eigenvalue weighted by molar-refractivity contribution is 0.0746. The van der Waals surface area contributed by atoms with Crippen LogP contribution in [0.15, 0.2) is 42.6 Å². The lowest BCUT2D eigenvalue weighted by Gasteiger charge is -2.36. The van der Waals surface area contributed by atoms with E-state index in [1.807, 2.05) is 35.2 Å². The summed E-state index contributed by atoms with van der Waals surface area (Å²) in [5.74, 6) is 0.792. The van der Waals surface area contributed by atoms with Crippen LogP contribution in [0.3, 0.4) is 0 Å². The van der Waals surface area contributed by atoms with Gasteiger partial charge in [0.1, 0.15) is 17.5 Å². The minimum absolute atomic E-state index is 0.0494. The average Bonchev–Trinajstić information content (AvgIpc) is 2.67. The zero-order chi connectivity index (χ0) is 16.9. The van der Waals surface area contributed by atoms with Gasteiger partial charge < -0.3 is 14.5 Å². The summed E-state index contributed by atoms with van der Waals surface area (Å²) in [6.45, 7) is 2.76. The maximum atomic E-state index is 12.5. The molecule has 1 aromatic heterocycles. The molecule has 6 heteroatoms. The Labute approximate surface area is 140 Å². The van der Waals surface area contributed by atoms with Gasteiger partial charge in [-0.3, -0.25) is 4.79 Å². The third-order valence-electron chi connectivity index (χ3n) is 4.12. The fourth-order valence-electron chi connectivity index (χ4n) is 2.81. The van der Waals surface area contributed by atoms with Crippen LogP contribution < -0.4 is 9.64 Å². The van der Waals surface area contributed by atoms with Crippen molar-refractivity contribution in [1.82, 2.24) is 9.88 Å². The highest BCUT2D eigenvalue weighted by atomic mass is 16.5. The van der Waals surface area contributed by atoms with Crippen LogP contribution in [-0.2, 0) is 0 Å². The first-order chi connectivity index (χ1) is 11.7. The molecule has 0 bridgehead atoms. The second kappa shape index (κ2) is 7.01. The van der Waals surface area contributed by atoms with E-state index in [0.29, 0.717) is 24.3 Å². The van der Waals surface area contributed by atoms with Crippen LogP contribution in [0.4, 0.5) is 5.69 Å². The number of para-hydroxylation sites is 2. The van der Waals surface area contributed by atoms with Crippen molar-refractivity contribution in [1.29, 1.82) is 5.26 Å². The van der Waals surface area contributed by atoms with E-state index in [4.69, 9.17) is 10.00 Å². The molecule has 2 heterocycles. The van der Waals surface area contributed by atoms with E-state index in [9.17, 15) is 4.79 Å². The average molecular weight is 322 g/mol. The number of piperazine rings is 1. The van der Waals surface area contributed by atoms with Crippen LogP contribution in [0, 0.1) is 11.3 Å². The van der Waals surface area contributed by atoms with Gasteiger partial charge in [0.25, 0.3) is 5.91 Å². The number of hydrogen-bond donors (Lipinski definition) is 0. The lowest BCUT2D eigenvalue weighted by Crippen LogP contribution is -2.48. The molecule has 1 aliphatic heterocycles. The Morgan fingerprint density at radius 1 is 1.17 bits per heavy atom. The Morgan fingerprint density at radius 2 is 1.92 bits per heavy atom. The number of aromatic nitrogens is 1. The van der Waals surface area contributed by atoms with Crippen molar-refractivity contribution >= 4 is 11.6 Å². The van der Waals surface area contributed by atoms with Gasteiger partial charge in [-0.05, 0) is 24.3 Å². The van der Waals surface area contributed by atoms with Gasteiger partial charge in [-0.2, -0.15) is 5.26 Å². The van der Waals surface area contributed by atoms with Gasteiger partial charge in [-0.25, -0.2) is 4.98 Å². The summed E-state index contributed by atoms with van der Waals surface area (Å²) in [5.41, 5.74) is 1.87. The fraction of sp³-hybridized carbons (Fsp3) is 0.278. The van der Waals surface area contributed by atoms with Crippen LogP contribution in [0.1, 0.15) is 16.1 Å². The molecule has 2 aromatic rings. The van der Waals surface area contributed by atoms with Crippen LogP contribution >= 0.6 is 0 Å². The number of rotatable bonds is 3. The summed E-state index contributed by atoms with van der Waals surface area (Å²) >= 11 is 0. The smallest absolute Gasteiger partial charge is 0.255 e. The molecule has 1 aromatic carbocycles. The van der Waals surface area contributed by atoms with E-state index in [-0.39, 0.29) is 5.91 Å². The number of anilines is 1. The Kier molecular flexibility index (Phi) is 4.62. The van der Waals surface area contributed by atoms with Crippen LogP contribution in [0.5, 0.6) is 5.75 Å². The maximum Gasteiger partial charge on any atom is 0.255 e. The molecular weight excluding hydrogens is 304 g/mol. The number of carbonyl (C=O) groups is 1. The van der Waals surface area contributed by atoms with Crippen molar-refractivity contribution in [3.8, 4) is 11.8 Å². The van der Waals surface area contributed by atoms with Crippen molar-refractivity contribution in [3.05, 3.63) is 53.9 Å². The number of methoxy groups -OCH3 is 1. The number of ether oxygens (including phenoxy) is 1. The van der Waals surface area contributed by atoms with E-state index in [1.54, 1.807) is 19.2 Å². The summed E-state index contributed by atoms with van der Waals surface area (Å²) in [6.07, 6.45) is 1.47. The van der Waals surface area contributed by atoms with Gasteiger partial charge in [-0.1, -0.05) is 12.1 Å². The molecule has 0 unspecified atom stereocenters. The minimum atomic E-state index is -0.0494. The van der Waals surface area contributed by atoms with Crippen LogP contribution in [0.25, 0.3) is 0 Å². The fourth-order valence-corrected chi connectivity index (χ4v) is 2.81. The zero-order valence-corrected chi connectivity index (χ0v) is 13.5. The van der Waals surface area contributed by atoms with Gasteiger partial charge in [0.05, 0.1) is 18.4 Å². The van der Waals surface area contributed by atoms with Crippen molar-refractivity contribution in [2.45, 2.75) is 0 Å². The van der Waals surface area contributed by atoms with E-state index in [2.05, 4.69) is 9.88 Å². The summed E-state index contributed by atoms with van der Waals surface area (Å²) < 4.78 is 5.41. The largest absolute Gasteiger partial charge is 0.495 e. The first-order valence-electron chi connectivity index (χ1n) is 7.76. The third kappa shape index (κ3) is 3.15. The van der Waals surface area contributed by atoms with E-state index < -0.39 is 0 Å². The second-order valence-electron chi connectivity index (χ2n) is 5.50. The van der Waals surface area contributed by atoms with Crippen molar-refractivity contribution in [3.63, 3.8) is 0 Å². The molecule has 0 N–H and O–H groups in total. The molecule has 122 valence electrons. The number of nitrogens with zero attached hydrogens (tertiary/aromatic N) is 4. The van der Waals surface area contributed by atoms with E-state index in [1.165, 1.54) is 6.20 Å². The van der Waals surface area contributed by atoms with Crippen LogP contribution in [-0.4, -0.2) is 49.1 Å². The molecule has 1 aliphatic rings. The minimum Gasteiger partial charge on any atom is -0.495 e. The van der Waals surface area contributed by atoms with Crippen molar-refractivity contribution in [2.24, 2.45) is 0 Å². The molecule has 3 rings (SSSR count). The topological polar surface area (TPSA) is 69.5 Å². The van der Waals surface area contributed by atoms with Gasteiger partial charge >= 0.3 is 0 Å². The Bertz CT molecular complexity index is 759. The Balaban J connectivity index is 1.66. The molecule has 1 amide bonds. The summed E-state index contributed by atoms with van der Waals surface area (Å²) in [7, 11) is 1.66. The van der Waals surface area contributed by atoms with Crippen LogP contribution in [0.2, 0.25) is 0 Å². The predicted octanol–water partition coefficient (Wildman–Crippen LogP) is 1.92. The molecule has 1 saturated heterocycles. The van der Waals surface area contributed by atoms with Gasteiger partial charge in [0, 0.05) is 32.4 Å². The Hall–Kier alpha value is -3.07. The monoisotopic (exact) mass is 322 g/mol. The molecule has 0 atom stereocenters. The summed E-state index contributed by atoms with van der Waals surface area (Å²) in [5, 5.41) is 8.77. The number of carbonyl (C=O) groups excluding carboxylic acids is 1. The van der Waals surface area contributed by atoms with Gasteiger partial charge in [0.2, 0.25) is 0 Å². The number of benzene rings is 1. The molecule has 6 nitrogen and oxygen atoms in total. The lowest BCUT2D eigenvalue weighted by atomic mass is 10.2. The number of amides is 1. The van der Waals surface area contributed by atoms with E-state index >= 15 is 0 Å². The summed E-state index contributed by atoms with van der Waals surface area (Å²) in [6, 6.07) is 13.1. The number of pyridine rings is 1. The second-order valence-corrected chi connectivity index (χ2v) is 5.50. The molecular formula is C18H18N4O2. The molecule has 0 aliphatic carbocycles. The first kappa shape index (κ1) is 15.8. The molecule has 1 fully saturated rings. The van der Waals surface area contributed by atoms with Crippen molar-refractivity contribution < 1.29 is 9.53 Å². The quantitative estimate of drug-likeness (QED) is 0.863. The first-order valence-corrected chi connectivity index (χ1v) is 7.76. The van der Waals surface area contributed by atoms with E-state index in [0.717, 1.165) is 24.5 Å². The molecule has 0 spiro atoms. The predicted molar refractivity (Wildman–Crippen MR) is 90.1 cm³/mol. The van der Waals surface area contributed by atoms with Gasteiger partial charge in [-0.15, -0.1) is 0 Å². The highest BCUT2D eigenvalue weighted by molar-refractivity contribution is 5.94. The zero-order valence-electron chi connectivity index (χ0n) is 13.5. The normalized spacial score (nSPS) is 14.2. The SMILES string of the molecule is COc1ccccc1N1CCN(C(=O)c2ccc(C#N)nc2)CC1. The summed E-state index contributed by atoms with van der Waals surface area (Å²) in [4.78, 5) is 20.5. The molecule has 24 heavy (non-hydrogen) atoms. The standard InChI is InChI=1S/C18H18N4O2/c1-24-17-5-3-2-4-16(17)21-8-10-22(11-9-21)18(23)14-6-7-15(12-19)20-13-14/h2-7,13H,8-11H2,1H3. The Morgan fingerprint density at radius 3 is 2.54 bits per heavy atom. The molecule has 0 radical (unpaired) electrons. The number of nitriles is 1. The number of hydrogen-bond acceptors (Lipinski definition) is 5. The highest BCUT2D eigenvalue weighted by Crippen LogP contribution is 2.28. The third-order valence-corrected chi connectivity index (χ3v) is 4.12. The highest BCUT2D eigenvalue weighted by Gasteiger charge is 2.23. The molecule has 0 saturated carbocycles. The van der Waals surface area contributed by atoms with Gasteiger partial charge in [0.15, 0.2) is 0 Å².